The maximum Gasteiger partial charge on any atom is 0.104 e. The van der Waals surface area contributed by atoms with Crippen LogP contribution in [0.3, 0.4) is 0 Å². The Bertz CT molecular complexity index is 89.1. The second kappa shape index (κ2) is 7.49. The molecule has 0 saturated carbocycles. The van der Waals surface area contributed by atoms with Crippen LogP contribution in [-0.2, 0) is 0 Å². The Morgan fingerprint density at radius 2 is 1.25 bits per heavy atom. The summed E-state index contributed by atoms with van der Waals surface area (Å²) in [5, 5.41) is 23.9. The molecule has 0 spiro atoms. The summed E-state index contributed by atoms with van der Waals surface area (Å²) in [7, 11) is 0. The average Bonchev–Trinajstić information content (AvgIpc) is 2.11. The summed E-state index contributed by atoms with van der Waals surface area (Å²) < 4.78 is 0. The van der Waals surface area contributed by atoms with Gasteiger partial charge in [0.05, 0.1) is 0 Å². The van der Waals surface area contributed by atoms with Crippen LogP contribution in [0.15, 0.2) is 0 Å². The number of aliphatic hydroxyl groups is 2. The zero-order chi connectivity index (χ0) is 9.40. The van der Waals surface area contributed by atoms with Crippen LogP contribution in [-0.4, -0.2) is 35.8 Å². The molecule has 0 aromatic rings. The molecule has 0 aliphatic carbocycles. The Labute approximate surface area is 74.0 Å². The fourth-order valence-corrected chi connectivity index (χ4v) is 0.766. The fourth-order valence-electron chi connectivity index (χ4n) is 0.766. The van der Waals surface area contributed by atoms with Gasteiger partial charge in [-0.1, -0.05) is 13.8 Å². The zero-order valence-corrected chi connectivity index (χ0v) is 7.88. The van der Waals surface area contributed by atoms with Crippen molar-refractivity contribution in [2.45, 2.75) is 39.1 Å². The standard InChI is InChI=1S/C8H20N2O2/c1-3-7(11)9-5-6-10-8(12)4-2/h7-12H,3-6H2,1-2H3. The summed E-state index contributed by atoms with van der Waals surface area (Å²) in [6, 6.07) is 0. The van der Waals surface area contributed by atoms with Crippen LogP contribution in [0.2, 0.25) is 0 Å². The highest BCUT2D eigenvalue weighted by Crippen LogP contribution is 1.83. The highest BCUT2D eigenvalue weighted by molar-refractivity contribution is 4.55. The SMILES string of the molecule is CCC(O)NCCNC(O)CC. The zero-order valence-electron chi connectivity index (χ0n) is 7.88. The Kier molecular flexibility index (Phi) is 7.39. The molecule has 4 nitrogen and oxygen atoms in total. The molecular formula is C8H20N2O2. The second-order valence-electron chi connectivity index (χ2n) is 2.76. The summed E-state index contributed by atoms with van der Waals surface area (Å²) in [6.07, 6.45) is 0.559. The molecular weight excluding hydrogens is 156 g/mol. The van der Waals surface area contributed by atoms with E-state index in [0.717, 1.165) is 0 Å². The molecule has 0 amide bonds. The highest BCUT2D eigenvalue weighted by Gasteiger charge is 1.99. The number of nitrogens with one attached hydrogen (secondary N) is 2. The van der Waals surface area contributed by atoms with Crippen LogP contribution < -0.4 is 10.6 Å². The van der Waals surface area contributed by atoms with Crippen LogP contribution in [0.4, 0.5) is 0 Å². The highest BCUT2D eigenvalue weighted by atomic mass is 16.3. The van der Waals surface area contributed by atoms with E-state index in [1.165, 1.54) is 0 Å². The lowest BCUT2D eigenvalue weighted by atomic mass is 10.4. The van der Waals surface area contributed by atoms with Gasteiger partial charge in [-0.3, -0.25) is 10.6 Å². The van der Waals surface area contributed by atoms with E-state index < -0.39 is 12.5 Å². The van der Waals surface area contributed by atoms with E-state index in [9.17, 15) is 0 Å². The van der Waals surface area contributed by atoms with E-state index in [4.69, 9.17) is 10.2 Å². The monoisotopic (exact) mass is 176 g/mol. The van der Waals surface area contributed by atoms with Crippen molar-refractivity contribution in [2.75, 3.05) is 13.1 Å². The molecule has 0 bridgehead atoms. The molecule has 2 unspecified atom stereocenters. The predicted octanol–water partition coefficient (Wildman–Crippen LogP) is -0.378. The largest absolute Gasteiger partial charge is 0.379 e. The number of hydrogen-bond donors (Lipinski definition) is 4. The van der Waals surface area contributed by atoms with Gasteiger partial charge < -0.3 is 10.2 Å². The molecule has 0 aromatic carbocycles. The van der Waals surface area contributed by atoms with Gasteiger partial charge in [-0.25, -0.2) is 0 Å². The minimum absolute atomic E-state index is 0.425. The fraction of sp³-hybridized carbons (Fsp3) is 1.00. The van der Waals surface area contributed by atoms with E-state index >= 15 is 0 Å². The second-order valence-corrected chi connectivity index (χ2v) is 2.76. The maximum atomic E-state index is 9.08. The Balaban J connectivity index is 3.10. The molecule has 0 fully saturated rings. The van der Waals surface area contributed by atoms with Gasteiger partial charge >= 0.3 is 0 Å². The summed E-state index contributed by atoms with van der Waals surface area (Å²) in [4.78, 5) is 0. The van der Waals surface area contributed by atoms with Crippen molar-refractivity contribution in [1.82, 2.24) is 10.6 Å². The van der Waals surface area contributed by atoms with Crippen molar-refractivity contribution in [3.05, 3.63) is 0 Å². The lowest BCUT2D eigenvalue weighted by Crippen LogP contribution is -2.38. The number of hydrogen-bond acceptors (Lipinski definition) is 4. The smallest absolute Gasteiger partial charge is 0.104 e. The molecule has 0 aliphatic rings. The van der Waals surface area contributed by atoms with Crippen LogP contribution >= 0.6 is 0 Å². The van der Waals surface area contributed by atoms with Crippen LogP contribution in [0, 0.1) is 0 Å². The molecule has 4 heteroatoms. The van der Waals surface area contributed by atoms with E-state index in [-0.39, 0.29) is 0 Å². The minimum atomic E-state index is -0.425. The molecule has 74 valence electrons. The Hall–Kier alpha value is -0.160. The quantitative estimate of drug-likeness (QED) is 0.315. The lowest BCUT2D eigenvalue weighted by Gasteiger charge is -2.13. The van der Waals surface area contributed by atoms with Gasteiger partial charge in [0.15, 0.2) is 0 Å². The van der Waals surface area contributed by atoms with Gasteiger partial charge in [0.2, 0.25) is 0 Å². The normalized spacial score (nSPS) is 16.0. The molecule has 0 heterocycles. The number of rotatable bonds is 7. The molecule has 0 saturated heterocycles. The van der Waals surface area contributed by atoms with Gasteiger partial charge in [0.1, 0.15) is 12.5 Å². The molecule has 2 atom stereocenters. The summed E-state index contributed by atoms with van der Waals surface area (Å²) in [6.45, 7) is 5.16. The van der Waals surface area contributed by atoms with Crippen LogP contribution in [0.5, 0.6) is 0 Å². The van der Waals surface area contributed by atoms with Gasteiger partial charge in [-0.15, -0.1) is 0 Å². The molecule has 0 rings (SSSR count). The Morgan fingerprint density at radius 1 is 0.917 bits per heavy atom. The third-order valence-electron chi connectivity index (χ3n) is 1.66. The topological polar surface area (TPSA) is 64.5 Å². The summed E-state index contributed by atoms with van der Waals surface area (Å²) >= 11 is 0. The van der Waals surface area contributed by atoms with Gasteiger partial charge in [0.25, 0.3) is 0 Å². The minimum Gasteiger partial charge on any atom is -0.379 e. The lowest BCUT2D eigenvalue weighted by molar-refractivity contribution is 0.117. The maximum absolute atomic E-state index is 9.08. The van der Waals surface area contributed by atoms with Crippen molar-refractivity contribution in [2.24, 2.45) is 0 Å². The van der Waals surface area contributed by atoms with Crippen molar-refractivity contribution in [3.63, 3.8) is 0 Å². The van der Waals surface area contributed by atoms with E-state index in [2.05, 4.69) is 10.6 Å². The molecule has 4 N–H and O–H groups in total. The van der Waals surface area contributed by atoms with Crippen molar-refractivity contribution >= 4 is 0 Å². The average molecular weight is 176 g/mol. The van der Waals surface area contributed by atoms with E-state index in [0.29, 0.717) is 25.9 Å². The van der Waals surface area contributed by atoms with Gasteiger partial charge in [-0.05, 0) is 12.8 Å². The summed E-state index contributed by atoms with van der Waals surface area (Å²) in [5.74, 6) is 0. The first kappa shape index (κ1) is 11.8. The van der Waals surface area contributed by atoms with Crippen LogP contribution in [0.1, 0.15) is 26.7 Å². The van der Waals surface area contributed by atoms with Gasteiger partial charge in [0, 0.05) is 13.1 Å². The molecule has 0 aromatic heterocycles. The van der Waals surface area contributed by atoms with Gasteiger partial charge in [-0.2, -0.15) is 0 Å². The first-order valence-electron chi connectivity index (χ1n) is 4.53. The van der Waals surface area contributed by atoms with Crippen molar-refractivity contribution < 1.29 is 10.2 Å². The van der Waals surface area contributed by atoms with Crippen molar-refractivity contribution in [3.8, 4) is 0 Å². The van der Waals surface area contributed by atoms with Crippen LogP contribution in [0.25, 0.3) is 0 Å². The Morgan fingerprint density at radius 3 is 1.50 bits per heavy atom. The van der Waals surface area contributed by atoms with E-state index in [1.54, 1.807) is 0 Å². The first-order valence-corrected chi connectivity index (χ1v) is 4.53. The third kappa shape index (κ3) is 6.54. The summed E-state index contributed by atoms with van der Waals surface area (Å²) in [5.41, 5.74) is 0. The predicted molar refractivity (Wildman–Crippen MR) is 48.6 cm³/mol. The molecule has 12 heavy (non-hydrogen) atoms. The molecule has 0 radical (unpaired) electrons. The third-order valence-corrected chi connectivity index (χ3v) is 1.66. The van der Waals surface area contributed by atoms with E-state index in [1.807, 2.05) is 13.8 Å². The number of aliphatic hydroxyl groups excluding tert-OH is 2. The molecule has 0 aliphatic heterocycles. The first-order chi connectivity index (χ1) is 5.70. The van der Waals surface area contributed by atoms with Crippen molar-refractivity contribution in [1.29, 1.82) is 0 Å².